The van der Waals surface area contributed by atoms with E-state index in [4.69, 9.17) is 0 Å². The molecule has 0 saturated heterocycles. The molecule has 0 aliphatic heterocycles. The zero-order valence-electron chi connectivity index (χ0n) is 14.3. The van der Waals surface area contributed by atoms with E-state index in [-0.39, 0.29) is 5.56 Å². The van der Waals surface area contributed by atoms with Gasteiger partial charge >= 0.3 is 0 Å². The zero-order chi connectivity index (χ0) is 17.9. The zero-order valence-corrected chi connectivity index (χ0v) is 15.1. The third kappa shape index (κ3) is 3.09. The molecule has 0 spiro atoms. The van der Waals surface area contributed by atoms with Crippen molar-refractivity contribution < 1.29 is 0 Å². The molecule has 5 heteroatoms. The van der Waals surface area contributed by atoms with Crippen LogP contribution in [-0.2, 0) is 6.42 Å². The highest BCUT2D eigenvalue weighted by Crippen LogP contribution is 2.30. The van der Waals surface area contributed by atoms with Gasteiger partial charge in [-0.1, -0.05) is 49.4 Å². The van der Waals surface area contributed by atoms with Crippen molar-refractivity contribution in [3.63, 3.8) is 0 Å². The third-order valence-electron chi connectivity index (χ3n) is 4.11. The Kier molecular flexibility index (Phi) is 4.46. The maximum absolute atomic E-state index is 12.8. The molecule has 128 valence electrons. The fraction of sp³-hybridized carbons (Fsp3) is 0.0952. The number of rotatable bonds is 4. The van der Waals surface area contributed by atoms with Gasteiger partial charge in [-0.25, -0.2) is 4.98 Å². The Balaban J connectivity index is 1.84. The molecule has 26 heavy (non-hydrogen) atoms. The highest BCUT2D eigenvalue weighted by molar-refractivity contribution is 7.17. The standard InChI is InChI=1S/C21H17N3OS/c1-2-18-20(16-8-4-3-5-9-16)24-19(25)13-17(23-21(24)26-18)11-10-15-7-6-12-22-14-15/h3-14H,2H2,1H3. The van der Waals surface area contributed by atoms with Crippen molar-refractivity contribution >= 4 is 28.4 Å². The number of hydrogen-bond donors (Lipinski definition) is 0. The minimum atomic E-state index is -0.0596. The number of pyridine rings is 1. The third-order valence-corrected chi connectivity index (χ3v) is 5.29. The molecule has 3 heterocycles. The van der Waals surface area contributed by atoms with Crippen LogP contribution in [0.25, 0.3) is 28.4 Å². The van der Waals surface area contributed by atoms with E-state index in [2.05, 4.69) is 16.9 Å². The van der Waals surface area contributed by atoms with Crippen molar-refractivity contribution in [1.82, 2.24) is 14.4 Å². The van der Waals surface area contributed by atoms with Gasteiger partial charge in [0, 0.05) is 23.3 Å². The summed E-state index contributed by atoms with van der Waals surface area (Å²) in [6.07, 6.45) is 8.13. The van der Waals surface area contributed by atoms with Crippen LogP contribution in [0.5, 0.6) is 0 Å². The van der Waals surface area contributed by atoms with E-state index >= 15 is 0 Å². The van der Waals surface area contributed by atoms with Crippen LogP contribution in [-0.4, -0.2) is 14.4 Å². The SMILES string of the molecule is CCc1sc2nc(C=Cc3cccnc3)cc(=O)n2c1-c1ccccc1. The van der Waals surface area contributed by atoms with Gasteiger partial charge in [-0.05, 0) is 29.7 Å². The second-order valence-electron chi connectivity index (χ2n) is 5.85. The largest absolute Gasteiger partial charge is 0.269 e. The summed E-state index contributed by atoms with van der Waals surface area (Å²) in [6, 6.07) is 15.4. The first-order chi connectivity index (χ1) is 12.8. The highest BCUT2D eigenvalue weighted by Gasteiger charge is 2.15. The number of hydrogen-bond acceptors (Lipinski definition) is 4. The van der Waals surface area contributed by atoms with Gasteiger partial charge in [0.2, 0.25) is 0 Å². The molecule has 0 N–H and O–H groups in total. The summed E-state index contributed by atoms with van der Waals surface area (Å²) in [5, 5.41) is 0. The van der Waals surface area contributed by atoms with Gasteiger partial charge in [-0.15, -0.1) is 11.3 Å². The topological polar surface area (TPSA) is 47.3 Å². The molecule has 0 radical (unpaired) electrons. The number of fused-ring (bicyclic) bond motifs is 1. The van der Waals surface area contributed by atoms with E-state index < -0.39 is 0 Å². The summed E-state index contributed by atoms with van der Waals surface area (Å²) in [7, 11) is 0. The fourth-order valence-corrected chi connectivity index (χ4v) is 4.00. The lowest BCUT2D eigenvalue weighted by molar-refractivity contribution is 1.05. The van der Waals surface area contributed by atoms with Gasteiger partial charge in [-0.3, -0.25) is 14.2 Å². The summed E-state index contributed by atoms with van der Waals surface area (Å²) in [6.45, 7) is 2.10. The average Bonchev–Trinajstić information content (AvgIpc) is 3.07. The van der Waals surface area contributed by atoms with Crippen molar-refractivity contribution in [3.05, 3.63) is 87.4 Å². The molecule has 3 aromatic heterocycles. The van der Waals surface area contributed by atoms with Gasteiger partial charge in [0.1, 0.15) is 0 Å². The molecule has 0 aliphatic carbocycles. The summed E-state index contributed by atoms with van der Waals surface area (Å²) in [4.78, 5) is 23.5. The first kappa shape index (κ1) is 16.4. The van der Waals surface area contributed by atoms with Crippen LogP contribution in [0.3, 0.4) is 0 Å². The summed E-state index contributed by atoms with van der Waals surface area (Å²) >= 11 is 1.57. The number of aryl methyl sites for hydroxylation is 1. The Bertz CT molecular complexity index is 1130. The second-order valence-corrected chi connectivity index (χ2v) is 6.91. The van der Waals surface area contributed by atoms with Crippen LogP contribution >= 0.6 is 11.3 Å². The fourth-order valence-electron chi connectivity index (χ4n) is 2.90. The van der Waals surface area contributed by atoms with E-state index in [9.17, 15) is 4.79 Å². The molecule has 0 aliphatic rings. The maximum Gasteiger partial charge on any atom is 0.259 e. The Labute approximate surface area is 155 Å². The molecule has 4 aromatic rings. The Morgan fingerprint density at radius 1 is 1.12 bits per heavy atom. The van der Waals surface area contributed by atoms with Crippen molar-refractivity contribution in [1.29, 1.82) is 0 Å². The molecule has 0 atom stereocenters. The lowest BCUT2D eigenvalue weighted by atomic mass is 10.1. The molecule has 0 bridgehead atoms. The summed E-state index contributed by atoms with van der Waals surface area (Å²) in [5.41, 5.74) is 3.56. The van der Waals surface area contributed by atoms with Crippen LogP contribution in [0, 0.1) is 0 Å². The lowest BCUT2D eigenvalue weighted by Crippen LogP contribution is -2.14. The average molecular weight is 359 g/mol. The van der Waals surface area contributed by atoms with E-state index in [1.807, 2.05) is 54.6 Å². The van der Waals surface area contributed by atoms with Crippen LogP contribution < -0.4 is 5.56 Å². The van der Waals surface area contributed by atoms with Crippen molar-refractivity contribution in [2.24, 2.45) is 0 Å². The molecule has 0 amide bonds. The predicted molar refractivity (Wildman–Crippen MR) is 107 cm³/mol. The molecule has 4 rings (SSSR count). The number of nitrogens with zero attached hydrogens (tertiary/aromatic N) is 3. The Hall–Kier alpha value is -3.05. The van der Waals surface area contributed by atoms with Crippen LogP contribution in [0.15, 0.2) is 65.7 Å². The van der Waals surface area contributed by atoms with Crippen LogP contribution in [0.1, 0.15) is 23.1 Å². The minimum Gasteiger partial charge on any atom is -0.269 e. The molecule has 4 nitrogen and oxygen atoms in total. The lowest BCUT2D eigenvalue weighted by Gasteiger charge is -2.04. The molecule has 0 saturated carbocycles. The van der Waals surface area contributed by atoms with Crippen molar-refractivity contribution in [2.45, 2.75) is 13.3 Å². The number of thiazole rings is 1. The Morgan fingerprint density at radius 3 is 2.69 bits per heavy atom. The maximum atomic E-state index is 12.8. The summed E-state index contributed by atoms with van der Waals surface area (Å²) < 4.78 is 1.72. The van der Waals surface area contributed by atoms with E-state index in [0.29, 0.717) is 5.69 Å². The van der Waals surface area contributed by atoms with Gasteiger partial charge in [0.05, 0.1) is 11.4 Å². The second kappa shape index (κ2) is 7.06. The van der Waals surface area contributed by atoms with E-state index in [1.54, 1.807) is 34.2 Å². The van der Waals surface area contributed by atoms with Gasteiger partial charge in [-0.2, -0.15) is 0 Å². The molecule has 0 unspecified atom stereocenters. The predicted octanol–water partition coefficient (Wildman–Crippen LogP) is 4.55. The monoisotopic (exact) mass is 359 g/mol. The minimum absolute atomic E-state index is 0.0596. The van der Waals surface area contributed by atoms with Crippen molar-refractivity contribution in [2.75, 3.05) is 0 Å². The quantitative estimate of drug-likeness (QED) is 0.537. The Morgan fingerprint density at radius 2 is 1.96 bits per heavy atom. The smallest absolute Gasteiger partial charge is 0.259 e. The molecular weight excluding hydrogens is 342 g/mol. The van der Waals surface area contributed by atoms with E-state index in [1.165, 1.54) is 0 Å². The molecular formula is C21H17N3OS. The first-order valence-electron chi connectivity index (χ1n) is 8.45. The van der Waals surface area contributed by atoms with Gasteiger partial charge in [0.15, 0.2) is 4.96 Å². The van der Waals surface area contributed by atoms with Crippen LogP contribution in [0.4, 0.5) is 0 Å². The normalized spacial score (nSPS) is 11.4. The molecule has 1 aromatic carbocycles. The molecule has 0 fully saturated rings. The number of benzene rings is 1. The van der Waals surface area contributed by atoms with Crippen molar-refractivity contribution in [3.8, 4) is 11.3 Å². The number of aromatic nitrogens is 3. The first-order valence-corrected chi connectivity index (χ1v) is 9.27. The van der Waals surface area contributed by atoms with Gasteiger partial charge < -0.3 is 0 Å². The van der Waals surface area contributed by atoms with Crippen LogP contribution in [0.2, 0.25) is 0 Å². The van der Waals surface area contributed by atoms with E-state index in [0.717, 1.165) is 33.1 Å². The highest BCUT2D eigenvalue weighted by atomic mass is 32.1. The summed E-state index contributed by atoms with van der Waals surface area (Å²) in [5.74, 6) is 0. The van der Waals surface area contributed by atoms with Gasteiger partial charge in [0.25, 0.3) is 5.56 Å².